The minimum atomic E-state index is -3.37. The van der Waals surface area contributed by atoms with Gasteiger partial charge in [0.15, 0.2) is 9.84 Å². The molecule has 0 aliphatic carbocycles. The van der Waals surface area contributed by atoms with Crippen molar-refractivity contribution in [2.24, 2.45) is 5.92 Å². The van der Waals surface area contributed by atoms with E-state index in [1.165, 1.54) is 12.1 Å². The molecule has 0 radical (unpaired) electrons. The molecular weight excluding hydrogens is 362 g/mol. The number of fused-ring (bicyclic) bond motifs is 1. The van der Waals surface area contributed by atoms with E-state index in [-0.39, 0.29) is 16.8 Å². The second kappa shape index (κ2) is 7.52. The minimum Gasteiger partial charge on any atom is -0.342 e. The molecule has 6 nitrogen and oxygen atoms in total. The van der Waals surface area contributed by atoms with Crippen LogP contribution in [0.25, 0.3) is 11.0 Å². The molecule has 0 spiro atoms. The lowest BCUT2D eigenvalue weighted by Crippen LogP contribution is -2.30. The fourth-order valence-electron chi connectivity index (χ4n) is 2.96. The van der Waals surface area contributed by atoms with E-state index in [9.17, 15) is 13.2 Å². The number of nitrogens with zero attached hydrogens (tertiary/aromatic N) is 1. The topological polar surface area (TPSA) is 91.9 Å². The number of sulfone groups is 1. The molecule has 142 valence electrons. The number of para-hydroxylation sites is 2. The van der Waals surface area contributed by atoms with Crippen molar-refractivity contribution < 1.29 is 13.2 Å². The molecule has 3 rings (SSSR count). The maximum atomic E-state index is 12.8. The van der Waals surface area contributed by atoms with Crippen molar-refractivity contribution in [1.29, 1.82) is 0 Å². The number of hydrogen-bond donors (Lipinski definition) is 2. The predicted molar refractivity (Wildman–Crippen MR) is 105 cm³/mol. The zero-order chi connectivity index (χ0) is 19.6. The Labute approximate surface area is 158 Å². The molecule has 7 heteroatoms. The van der Waals surface area contributed by atoms with E-state index >= 15 is 0 Å². The van der Waals surface area contributed by atoms with Gasteiger partial charge >= 0.3 is 0 Å². The zero-order valence-electron chi connectivity index (χ0n) is 15.6. The van der Waals surface area contributed by atoms with Gasteiger partial charge in [-0.25, -0.2) is 13.4 Å². The van der Waals surface area contributed by atoms with Crippen LogP contribution in [-0.2, 0) is 9.84 Å². The summed E-state index contributed by atoms with van der Waals surface area (Å²) in [6, 6.07) is 13.5. The number of aromatic nitrogens is 2. The highest BCUT2D eigenvalue weighted by Crippen LogP contribution is 2.23. The summed E-state index contributed by atoms with van der Waals surface area (Å²) in [5, 5.41) is 2.99. The fourth-order valence-corrected chi connectivity index (χ4v) is 3.62. The molecule has 1 aromatic heterocycles. The van der Waals surface area contributed by atoms with Gasteiger partial charge in [-0.15, -0.1) is 0 Å². The summed E-state index contributed by atoms with van der Waals surface area (Å²) in [5.41, 5.74) is 2.06. The van der Waals surface area contributed by atoms with E-state index in [0.717, 1.165) is 17.3 Å². The summed E-state index contributed by atoms with van der Waals surface area (Å²) in [6.07, 6.45) is 1.83. The molecule has 2 aromatic carbocycles. The van der Waals surface area contributed by atoms with Crippen molar-refractivity contribution in [3.63, 3.8) is 0 Å². The molecule has 0 aliphatic rings. The molecule has 3 aromatic rings. The average Bonchev–Trinajstić information content (AvgIpc) is 3.04. The highest BCUT2D eigenvalue weighted by Gasteiger charge is 2.21. The van der Waals surface area contributed by atoms with Crippen LogP contribution in [-0.4, -0.2) is 30.5 Å². The van der Waals surface area contributed by atoms with E-state index in [4.69, 9.17) is 0 Å². The molecule has 0 saturated heterocycles. The van der Waals surface area contributed by atoms with E-state index < -0.39 is 9.84 Å². The number of benzene rings is 2. The molecule has 0 aliphatic heterocycles. The van der Waals surface area contributed by atoms with Gasteiger partial charge in [0.2, 0.25) is 0 Å². The maximum Gasteiger partial charge on any atom is 0.251 e. The third kappa shape index (κ3) is 4.54. The van der Waals surface area contributed by atoms with Gasteiger partial charge in [0.1, 0.15) is 5.82 Å². The minimum absolute atomic E-state index is 0.124. The van der Waals surface area contributed by atoms with Crippen molar-refractivity contribution >= 4 is 26.8 Å². The van der Waals surface area contributed by atoms with Gasteiger partial charge in [0.05, 0.1) is 22.0 Å². The van der Waals surface area contributed by atoms with Gasteiger partial charge in [0, 0.05) is 11.8 Å². The quantitative estimate of drug-likeness (QED) is 0.679. The van der Waals surface area contributed by atoms with Crippen molar-refractivity contribution in [2.45, 2.75) is 31.2 Å². The van der Waals surface area contributed by atoms with Crippen LogP contribution in [0.1, 0.15) is 42.5 Å². The Morgan fingerprint density at radius 1 is 1.15 bits per heavy atom. The first-order valence-electron chi connectivity index (χ1n) is 8.79. The molecule has 0 saturated carbocycles. The number of aromatic amines is 1. The summed E-state index contributed by atoms with van der Waals surface area (Å²) in [7, 11) is -3.37. The smallest absolute Gasteiger partial charge is 0.251 e. The number of amides is 1. The third-order valence-electron chi connectivity index (χ3n) is 4.27. The Balaban J connectivity index is 1.89. The van der Waals surface area contributed by atoms with Crippen molar-refractivity contribution in [3.05, 3.63) is 59.9 Å². The number of imidazole rings is 1. The zero-order valence-corrected chi connectivity index (χ0v) is 16.4. The number of nitrogens with one attached hydrogen (secondary N) is 2. The molecule has 1 heterocycles. The molecule has 2 N–H and O–H groups in total. The predicted octanol–water partition coefficient (Wildman–Crippen LogP) is 3.48. The third-order valence-corrected chi connectivity index (χ3v) is 5.38. The Bertz CT molecular complexity index is 1040. The van der Waals surface area contributed by atoms with E-state index in [0.29, 0.717) is 23.7 Å². The molecule has 27 heavy (non-hydrogen) atoms. The number of carbonyl (C=O) groups is 1. The fraction of sp³-hybridized carbons (Fsp3) is 0.300. The van der Waals surface area contributed by atoms with Crippen LogP contribution < -0.4 is 5.32 Å². The van der Waals surface area contributed by atoms with E-state index in [2.05, 4.69) is 29.1 Å². The lowest BCUT2D eigenvalue weighted by molar-refractivity contribution is 0.0930. The van der Waals surface area contributed by atoms with Crippen LogP contribution in [0.3, 0.4) is 0 Å². The number of hydrogen-bond acceptors (Lipinski definition) is 4. The summed E-state index contributed by atoms with van der Waals surface area (Å²) in [5.74, 6) is 0.704. The molecule has 0 unspecified atom stereocenters. The highest BCUT2D eigenvalue weighted by atomic mass is 32.2. The Morgan fingerprint density at radius 2 is 1.89 bits per heavy atom. The second-order valence-corrected chi connectivity index (χ2v) is 9.11. The number of H-pyrrole nitrogens is 1. The highest BCUT2D eigenvalue weighted by molar-refractivity contribution is 7.90. The Kier molecular flexibility index (Phi) is 5.32. The summed E-state index contributed by atoms with van der Waals surface area (Å²) < 4.78 is 23.5. The lowest BCUT2D eigenvalue weighted by Gasteiger charge is -2.19. The van der Waals surface area contributed by atoms with E-state index in [1.54, 1.807) is 12.1 Å². The van der Waals surface area contributed by atoms with Crippen molar-refractivity contribution in [2.75, 3.05) is 6.26 Å². The molecule has 0 bridgehead atoms. The maximum absolute atomic E-state index is 12.8. The molecular formula is C20H23N3O3S. The van der Waals surface area contributed by atoms with Gasteiger partial charge in [-0.3, -0.25) is 4.79 Å². The van der Waals surface area contributed by atoms with Gasteiger partial charge in [-0.05, 0) is 42.7 Å². The molecule has 0 fully saturated rings. The van der Waals surface area contributed by atoms with Gasteiger partial charge < -0.3 is 10.3 Å². The van der Waals surface area contributed by atoms with Crippen LogP contribution in [0.2, 0.25) is 0 Å². The average molecular weight is 385 g/mol. The summed E-state index contributed by atoms with van der Waals surface area (Å²) >= 11 is 0. The molecule has 1 atom stereocenters. The standard InChI is InChI=1S/C20H23N3O3S/c1-13(2)11-18(19-21-16-9-4-5-10-17(16)22-19)23-20(24)14-7-6-8-15(12-14)27(3,25)26/h4-10,12-13,18H,11H2,1-3H3,(H,21,22)(H,23,24)/t18-/m1/s1. The van der Waals surface area contributed by atoms with Crippen LogP contribution in [0, 0.1) is 5.92 Å². The SMILES string of the molecule is CC(C)C[C@@H](NC(=O)c1cccc(S(C)(=O)=O)c1)c1nc2ccccc2[nH]1. The van der Waals surface area contributed by atoms with Crippen LogP contribution in [0.15, 0.2) is 53.4 Å². The Hall–Kier alpha value is -2.67. The van der Waals surface area contributed by atoms with Gasteiger partial charge in [-0.1, -0.05) is 32.0 Å². The normalized spacial score (nSPS) is 13.0. The molecule has 1 amide bonds. The second-order valence-electron chi connectivity index (χ2n) is 7.09. The monoisotopic (exact) mass is 385 g/mol. The largest absolute Gasteiger partial charge is 0.342 e. The summed E-state index contributed by atoms with van der Waals surface area (Å²) in [6.45, 7) is 4.15. The van der Waals surface area contributed by atoms with Crippen LogP contribution in [0.4, 0.5) is 0 Å². The first-order valence-corrected chi connectivity index (χ1v) is 10.7. The lowest BCUT2D eigenvalue weighted by atomic mass is 10.0. The first kappa shape index (κ1) is 19.1. The summed E-state index contributed by atoms with van der Waals surface area (Å²) in [4.78, 5) is 20.8. The first-order chi connectivity index (χ1) is 12.7. The van der Waals surface area contributed by atoms with Gasteiger partial charge in [0.25, 0.3) is 5.91 Å². The van der Waals surface area contributed by atoms with Crippen LogP contribution >= 0.6 is 0 Å². The van der Waals surface area contributed by atoms with Crippen LogP contribution in [0.5, 0.6) is 0 Å². The van der Waals surface area contributed by atoms with E-state index in [1.807, 2.05) is 24.3 Å². The van der Waals surface area contributed by atoms with Crippen molar-refractivity contribution in [3.8, 4) is 0 Å². The van der Waals surface area contributed by atoms with Crippen molar-refractivity contribution in [1.82, 2.24) is 15.3 Å². The van der Waals surface area contributed by atoms with Gasteiger partial charge in [-0.2, -0.15) is 0 Å². The number of rotatable bonds is 6. The number of carbonyl (C=O) groups excluding carboxylic acids is 1. The Morgan fingerprint density at radius 3 is 2.56 bits per heavy atom.